The van der Waals surface area contributed by atoms with Gasteiger partial charge in [0.25, 0.3) is 5.91 Å². The second-order valence-corrected chi connectivity index (χ2v) is 3.76. The number of rotatable bonds is 3. The molecule has 0 saturated heterocycles. The van der Waals surface area contributed by atoms with Crippen molar-refractivity contribution in [1.29, 1.82) is 0 Å². The lowest BCUT2D eigenvalue weighted by Gasteiger charge is -2.02. The fourth-order valence-corrected chi connectivity index (χ4v) is 1.50. The molecule has 0 aromatic carbocycles. The minimum Gasteiger partial charge on any atom is -0.477 e. The number of aromatic carboxylic acids is 1. The van der Waals surface area contributed by atoms with Crippen LogP contribution in [0.15, 0.2) is 24.5 Å². The fraction of sp³-hybridized carbons (Fsp3) is 0. The highest BCUT2D eigenvalue weighted by Crippen LogP contribution is 2.11. The summed E-state index contributed by atoms with van der Waals surface area (Å²) in [4.78, 5) is 26.3. The Balaban J connectivity index is 2.16. The van der Waals surface area contributed by atoms with Gasteiger partial charge >= 0.3 is 5.97 Å². The van der Waals surface area contributed by atoms with E-state index in [1.165, 1.54) is 24.5 Å². The van der Waals surface area contributed by atoms with Crippen LogP contribution in [0.5, 0.6) is 0 Å². The van der Waals surface area contributed by atoms with Gasteiger partial charge in [-0.15, -0.1) is 5.10 Å². The summed E-state index contributed by atoms with van der Waals surface area (Å²) in [6, 6.07) is 2.77. The number of hydrogen-bond donors (Lipinski definition) is 2. The summed E-state index contributed by atoms with van der Waals surface area (Å²) in [6.07, 6.45) is 2.64. The number of carbonyl (C=O) groups is 2. The van der Waals surface area contributed by atoms with Crippen LogP contribution in [0, 0.1) is 0 Å². The summed E-state index contributed by atoms with van der Waals surface area (Å²) in [5, 5.41) is 14.8. The lowest BCUT2D eigenvalue weighted by atomic mass is 10.3. The van der Waals surface area contributed by atoms with Gasteiger partial charge in [-0.05, 0) is 23.7 Å². The molecule has 0 aliphatic heterocycles. The lowest BCUT2D eigenvalue weighted by molar-refractivity contribution is 0.0690. The number of nitrogens with zero attached hydrogens (tertiary/aromatic N) is 3. The van der Waals surface area contributed by atoms with E-state index in [2.05, 4.69) is 19.9 Å². The Bertz CT molecular complexity index is 555. The Labute approximate surface area is 99.3 Å². The highest BCUT2D eigenvalue weighted by molar-refractivity contribution is 7.07. The van der Waals surface area contributed by atoms with E-state index < -0.39 is 5.97 Å². The summed E-state index contributed by atoms with van der Waals surface area (Å²) < 4.78 is 3.56. The molecule has 0 aliphatic carbocycles. The van der Waals surface area contributed by atoms with Crippen LogP contribution in [0.4, 0.5) is 5.69 Å². The topological polar surface area (TPSA) is 105 Å². The Morgan fingerprint density at radius 3 is 2.88 bits per heavy atom. The Morgan fingerprint density at radius 1 is 1.41 bits per heavy atom. The van der Waals surface area contributed by atoms with Gasteiger partial charge in [-0.2, -0.15) is 0 Å². The van der Waals surface area contributed by atoms with Crippen LogP contribution in [0.1, 0.15) is 20.2 Å². The summed E-state index contributed by atoms with van der Waals surface area (Å²) in [5.74, 6) is -1.54. The first-order valence-corrected chi connectivity index (χ1v) is 5.22. The van der Waals surface area contributed by atoms with E-state index in [1.54, 1.807) is 0 Å². The predicted molar refractivity (Wildman–Crippen MR) is 59.1 cm³/mol. The smallest absolute Gasteiger partial charge is 0.354 e. The highest BCUT2D eigenvalue weighted by atomic mass is 32.1. The molecule has 1 amide bonds. The minimum atomic E-state index is -1.15. The van der Waals surface area contributed by atoms with Crippen molar-refractivity contribution < 1.29 is 14.7 Å². The first-order valence-electron chi connectivity index (χ1n) is 4.45. The van der Waals surface area contributed by atoms with Gasteiger partial charge in [0.15, 0.2) is 0 Å². The molecule has 0 saturated carbocycles. The van der Waals surface area contributed by atoms with Crippen LogP contribution < -0.4 is 5.32 Å². The first kappa shape index (κ1) is 11.1. The van der Waals surface area contributed by atoms with Crippen molar-refractivity contribution in [3.8, 4) is 0 Å². The van der Waals surface area contributed by atoms with Gasteiger partial charge in [-0.25, -0.2) is 9.78 Å². The van der Waals surface area contributed by atoms with Gasteiger partial charge < -0.3 is 10.4 Å². The SMILES string of the molecule is O=C(O)c1cc(NC(=O)c2cnns2)ccn1. The molecule has 2 heterocycles. The Hall–Kier alpha value is -2.35. The highest BCUT2D eigenvalue weighted by Gasteiger charge is 2.10. The van der Waals surface area contributed by atoms with Crippen molar-refractivity contribution in [2.45, 2.75) is 0 Å². The maximum absolute atomic E-state index is 11.6. The van der Waals surface area contributed by atoms with E-state index >= 15 is 0 Å². The van der Waals surface area contributed by atoms with Crippen LogP contribution in [-0.2, 0) is 0 Å². The van der Waals surface area contributed by atoms with Gasteiger partial charge in [0, 0.05) is 11.9 Å². The molecule has 2 aromatic heterocycles. The largest absolute Gasteiger partial charge is 0.477 e. The van der Waals surface area contributed by atoms with Crippen LogP contribution in [0.2, 0.25) is 0 Å². The number of pyridine rings is 1. The van der Waals surface area contributed by atoms with Crippen LogP contribution in [0.25, 0.3) is 0 Å². The maximum Gasteiger partial charge on any atom is 0.354 e. The molecule has 86 valence electrons. The normalized spacial score (nSPS) is 9.88. The molecule has 0 fully saturated rings. The van der Waals surface area contributed by atoms with Gasteiger partial charge in [0.1, 0.15) is 10.6 Å². The molecular formula is C9H6N4O3S. The second kappa shape index (κ2) is 4.66. The van der Waals surface area contributed by atoms with Crippen molar-refractivity contribution in [1.82, 2.24) is 14.6 Å². The van der Waals surface area contributed by atoms with Gasteiger partial charge in [0.05, 0.1) is 6.20 Å². The number of carboxylic acids is 1. The summed E-state index contributed by atoms with van der Waals surface area (Å²) >= 11 is 0.956. The van der Waals surface area contributed by atoms with Crippen molar-refractivity contribution in [3.05, 3.63) is 35.1 Å². The van der Waals surface area contributed by atoms with Gasteiger partial charge in [-0.1, -0.05) is 4.49 Å². The number of aromatic nitrogens is 3. The van der Waals surface area contributed by atoms with Crippen molar-refractivity contribution in [2.75, 3.05) is 5.32 Å². The Kier molecular flexibility index (Phi) is 3.06. The number of carboxylic acid groups (broad SMARTS) is 1. The average Bonchev–Trinajstić information content (AvgIpc) is 2.82. The second-order valence-electron chi connectivity index (χ2n) is 2.97. The standard InChI is InChI=1S/C9H6N4O3S/c14-8(7-4-11-13-17-7)12-5-1-2-10-6(3-5)9(15)16/h1-4H,(H,15,16)(H,10,12,14). The quantitative estimate of drug-likeness (QED) is 0.837. The molecule has 0 unspecified atom stereocenters. The molecule has 17 heavy (non-hydrogen) atoms. The fourth-order valence-electron chi connectivity index (χ4n) is 1.09. The third-order valence-electron chi connectivity index (χ3n) is 1.82. The van der Waals surface area contributed by atoms with E-state index in [-0.39, 0.29) is 11.6 Å². The van der Waals surface area contributed by atoms with E-state index in [1.807, 2.05) is 0 Å². The van der Waals surface area contributed by atoms with Crippen molar-refractivity contribution >= 4 is 29.1 Å². The molecule has 0 aliphatic rings. The minimum absolute atomic E-state index is 0.134. The molecule has 7 nitrogen and oxygen atoms in total. The number of nitrogens with one attached hydrogen (secondary N) is 1. The summed E-state index contributed by atoms with van der Waals surface area (Å²) in [7, 11) is 0. The third kappa shape index (κ3) is 2.61. The molecule has 2 rings (SSSR count). The molecule has 2 N–H and O–H groups in total. The van der Waals surface area contributed by atoms with Gasteiger partial charge in [-0.3, -0.25) is 4.79 Å². The van der Waals surface area contributed by atoms with Crippen LogP contribution in [-0.4, -0.2) is 31.6 Å². The molecule has 0 bridgehead atoms. The molecule has 0 spiro atoms. The third-order valence-corrected chi connectivity index (χ3v) is 2.49. The summed E-state index contributed by atoms with van der Waals surface area (Å²) in [5.41, 5.74) is 0.223. The van der Waals surface area contributed by atoms with Crippen molar-refractivity contribution in [2.24, 2.45) is 0 Å². The monoisotopic (exact) mass is 250 g/mol. The molecule has 0 atom stereocenters. The van der Waals surface area contributed by atoms with Gasteiger partial charge in [0.2, 0.25) is 0 Å². The number of carbonyl (C=O) groups excluding carboxylic acids is 1. The maximum atomic E-state index is 11.6. The van der Waals surface area contributed by atoms with E-state index in [0.717, 1.165) is 11.5 Å². The zero-order valence-corrected chi connectivity index (χ0v) is 9.14. The number of amides is 1. The molecule has 2 aromatic rings. The predicted octanol–water partition coefficient (Wildman–Crippen LogP) is 0.884. The Morgan fingerprint density at radius 2 is 2.24 bits per heavy atom. The van der Waals surface area contributed by atoms with Crippen molar-refractivity contribution in [3.63, 3.8) is 0 Å². The van der Waals surface area contributed by atoms with Crippen LogP contribution in [0.3, 0.4) is 0 Å². The first-order chi connectivity index (χ1) is 8.16. The van der Waals surface area contributed by atoms with E-state index in [0.29, 0.717) is 10.6 Å². The average molecular weight is 250 g/mol. The zero-order valence-electron chi connectivity index (χ0n) is 8.32. The van der Waals surface area contributed by atoms with Crippen LogP contribution >= 0.6 is 11.5 Å². The molecule has 0 radical (unpaired) electrons. The van der Waals surface area contributed by atoms with E-state index in [9.17, 15) is 9.59 Å². The molecule has 8 heteroatoms. The van der Waals surface area contributed by atoms with E-state index in [4.69, 9.17) is 5.11 Å². The summed E-state index contributed by atoms with van der Waals surface area (Å²) in [6.45, 7) is 0. The zero-order chi connectivity index (χ0) is 12.3. The molecular weight excluding hydrogens is 244 g/mol. The number of anilines is 1. The lowest BCUT2D eigenvalue weighted by Crippen LogP contribution is -2.11. The number of hydrogen-bond acceptors (Lipinski definition) is 6.